The van der Waals surface area contributed by atoms with E-state index in [-0.39, 0.29) is 5.78 Å². The summed E-state index contributed by atoms with van der Waals surface area (Å²) in [6.07, 6.45) is 3.20. The molecule has 0 saturated heterocycles. The van der Waals surface area contributed by atoms with Crippen molar-refractivity contribution >= 4 is 5.78 Å². The fourth-order valence-electron chi connectivity index (χ4n) is 1.49. The molecular formula is C10H14N2O2. The Morgan fingerprint density at radius 2 is 2.50 bits per heavy atom. The van der Waals surface area contributed by atoms with E-state index in [4.69, 9.17) is 10.3 Å². The second kappa shape index (κ2) is 3.53. The molecule has 1 aliphatic carbocycles. The van der Waals surface area contributed by atoms with Gasteiger partial charge >= 0.3 is 0 Å². The lowest BCUT2D eigenvalue weighted by Crippen LogP contribution is -2.31. The number of aryl methyl sites for hydroxylation is 1. The minimum Gasteiger partial charge on any atom is -0.361 e. The summed E-state index contributed by atoms with van der Waals surface area (Å²) in [6.45, 7) is 1.76. The average molecular weight is 194 g/mol. The summed E-state index contributed by atoms with van der Waals surface area (Å²) in [7, 11) is 0. The maximum Gasteiger partial charge on any atom is 0.201 e. The highest BCUT2D eigenvalue weighted by molar-refractivity contribution is 5.98. The third-order valence-corrected chi connectivity index (χ3v) is 2.50. The van der Waals surface area contributed by atoms with Crippen LogP contribution in [0.5, 0.6) is 0 Å². The lowest BCUT2D eigenvalue weighted by atomic mass is 10.0. The Morgan fingerprint density at radius 1 is 1.79 bits per heavy atom. The van der Waals surface area contributed by atoms with Crippen LogP contribution < -0.4 is 5.73 Å². The molecule has 1 aliphatic rings. The molecule has 4 nitrogen and oxygen atoms in total. The number of nitrogens with zero attached hydrogens (tertiary/aromatic N) is 1. The van der Waals surface area contributed by atoms with Gasteiger partial charge in [0.1, 0.15) is 5.76 Å². The Labute approximate surface area is 82.4 Å². The number of aromatic nitrogens is 1. The number of Topliss-reactive ketones (excluding diaryl/α,β-unsaturated/α-hetero) is 1. The molecule has 0 aliphatic heterocycles. The van der Waals surface area contributed by atoms with Crippen molar-refractivity contribution in [2.45, 2.75) is 32.2 Å². The van der Waals surface area contributed by atoms with E-state index in [0.717, 1.165) is 6.42 Å². The molecule has 1 aromatic rings. The average Bonchev–Trinajstić information content (AvgIpc) is 2.85. The van der Waals surface area contributed by atoms with Crippen LogP contribution in [0.3, 0.4) is 0 Å². The van der Waals surface area contributed by atoms with E-state index in [1.807, 2.05) is 0 Å². The highest BCUT2D eigenvalue weighted by Crippen LogP contribution is 2.33. The van der Waals surface area contributed by atoms with Gasteiger partial charge in [-0.1, -0.05) is 18.0 Å². The van der Waals surface area contributed by atoms with Crippen molar-refractivity contribution in [1.82, 2.24) is 5.16 Å². The van der Waals surface area contributed by atoms with Crippen LogP contribution in [0, 0.1) is 12.8 Å². The van der Waals surface area contributed by atoms with Crippen molar-refractivity contribution in [2.24, 2.45) is 11.7 Å². The van der Waals surface area contributed by atoms with Crippen LogP contribution in [-0.4, -0.2) is 17.0 Å². The fourth-order valence-corrected chi connectivity index (χ4v) is 1.49. The van der Waals surface area contributed by atoms with Crippen LogP contribution in [0.2, 0.25) is 0 Å². The first kappa shape index (κ1) is 9.40. The first-order valence-corrected chi connectivity index (χ1v) is 4.90. The molecule has 1 heterocycles. The van der Waals surface area contributed by atoms with E-state index in [9.17, 15) is 4.79 Å². The zero-order valence-electron chi connectivity index (χ0n) is 8.19. The monoisotopic (exact) mass is 194 g/mol. The summed E-state index contributed by atoms with van der Waals surface area (Å²) in [4.78, 5) is 11.7. The molecule has 1 atom stereocenters. The van der Waals surface area contributed by atoms with Gasteiger partial charge in [0.25, 0.3) is 0 Å². The van der Waals surface area contributed by atoms with E-state index >= 15 is 0 Å². The van der Waals surface area contributed by atoms with E-state index < -0.39 is 6.04 Å². The second-order valence-electron chi connectivity index (χ2n) is 3.97. The van der Waals surface area contributed by atoms with Gasteiger partial charge in [0.15, 0.2) is 5.69 Å². The first-order valence-electron chi connectivity index (χ1n) is 4.90. The van der Waals surface area contributed by atoms with Crippen molar-refractivity contribution in [1.29, 1.82) is 0 Å². The number of hydrogen-bond donors (Lipinski definition) is 1. The SMILES string of the molecule is Cc1cc(C(=O)C(N)CC2CC2)no1. The summed E-state index contributed by atoms with van der Waals surface area (Å²) in [5.41, 5.74) is 6.13. The lowest BCUT2D eigenvalue weighted by molar-refractivity contribution is 0.0945. The van der Waals surface area contributed by atoms with Gasteiger partial charge in [0.2, 0.25) is 5.78 Å². The maximum atomic E-state index is 11.7. The molecule has 1 saturated carbocycles. The molecule has 0 spiro atoms. The molecular weight excluding hydrogens is 180 g/mol. The van der Waals surface area contributed by atoms with Gasteiger partial charge < -0.3 is 10.3 Å². The molecule has 2 N–H and O–H groups in total. The van der Waals surface area contributed by atoms with Crippen LogP contribution in [0.4, 0.5) is 0 Å². The van der Waals surface area contributed by atoms with Gasteiger partial charge in [-0.25, -0.2) is 0 Å². The zero-order chi connectivity index (χ0) is 10.1. The summed E-state index contributed by atoms with van der Waals surface area (Å²) in [6, 6.07) is 1.22. The third-order valence-electron chi connectivity index (χ3n) is 2.50. The van der Waals surface area contributed by atoms with E-state index in [1.54, 1.807) is 13.0 Å². The van der Waals surface area contributed by atoms with Crippen LogP contribution in [-0.2, 0) is 0 Å². The molecule has 14 heavy (non-hydrogen) atoms. The molecule has 0 radical (unpaired) electrons. The smallest absolute Gasteiger partial charge is 0.201 e. The molecule has 2 rings (SSSR count). The quantitative estimate of drug-likeness (QED) is 0.733. The van der Waals surface area contributed by atoms with Crippen molar-refractivity contribution < 1.29 is 9.32 Å². The van der Waals surface area contributed by atoms with E-state index in [0.29, 0.717) is 17.4 Å². The van der Waals surface area contributed by atoms with Crippen molar-refractivity contribution in [3.8, 4) is 0 Å². The summed E-state index contributed by atoms with van der Waals surface area (Å²) >= 11 is 0. The maximum absolute atomic E-state index is 11.7. The Kier molecular flexibility index (Phi) is 2.37. The minimum absolute atomic E-state index is 0.103. The Hall–Kier alpha value is -1.16. The summed E-state index contributed by atoms with van der Waals surface area (Å²) < 4.78 is 4.83. The van der Waals surface area contributed by atoms with Crippen molar-refractivity contribution in [3.63, 3.8) is 0 Å². The predicted molar refractivity (Wildman–Crippen MR) is 50.9 cm³/mol. The Bertz CT molecular complexity index is 342. The molecule has 1 fully saturated rings. The number of carbonyl (C=O) groups excluding carboxylic acids is 1. The lowest BCUT2D eigenvalue weighted by Gasteiger charge is -2.06. The third kappa shape index (κ3) is 2.01. The van der Waals surface area contributed by atoms with Crippen molar-refractivity contribution in [3.05, 3.63) is 17.5 Å². The van der Waals surface area contributed by atoms with Crippen LogP contribution in [0.1, 0.15) is 35.5 Å². The Balaban J connectivity index is 1.99. The molecule has 0 amide bonds. The molecule has 1 unspecified atom stereocenters. The van der Waals surface area contributed by atoms with Crippen molar-refractivity contribution in [2.75, 3.05) is 0 Å². The van der Waals surface area contributed by atoms with Gasteiger partial charge in [0, 0.05) is 6.07 Å². The molecule has 76 valence electrons. The summed E-state index contributed by atoms with van der Waals surface area (Å²) in [5, 5.41) is 3.66. The number of hydrogen-bond acceptors (Lipinski definition) is 4. The zero-order valence-corrected chi connectivity index (χ0v) is 8.19. The highest BCUT2D eigenvalue weighted by atomic mass is 16.5. The van der Waals surface area contributed by atoms with Gasteiger partial charge in [-0.3, -0.25) is 4.79 Å². The van der Waals surface area contributed by atoms with Gasteiger partial charge in [0.05, 0.1) is 6.04 Å². The van der Waals surface area contributed by atoms with Crippen LogP contribution >= 0.6 is 0 Å². The van der Waals surface area contributed by atoms with E-state index in [2.05, 4.69) is 5.16 Å². The van der Waals surface area contributed by atoms with E-state index in [1.165, 1.54) is 12.8 Å². The highest BCUT2D eigenvalue weighted by Gasteiger charge is 2.28. The number of nitrogens with two attached hydrogens (primary N) is 1. The fraction of sp³-hybridized carbons (Fsp3) is 0.600. The molecule has 4 heteroatoms. The van der Waals surface area contributed by atoms with Crippen LogP contribution in [0.25, 0.3) is 0 Å². The largest absolute Gasteiger partial charge is 0.361 e. The van der Waals surface area contributed by atoms with Gasteiger partial charge in [-0.15, -0.1) is 0 Å². The molecule has 0 bridgehead atoms. The summed E-state index contributed by atoms with van der Waals surface area (Å²) in [5.74, 6) is 1.20. The van der Waals surface area contributed by atoms with Gasteiger partial charge in [-0.2, -0.15) is 0 Å². The molecule has 1 aromatic heterocycles. The minimum atomic E-state index is -0.410. The van der Waals surface area contributed by atoms with Crippen LogP contribution in [0.15, 0.2) is 10.6 Å². The Morgan fingerprint density at radius 3 is 3.00 bits per heavy atom. The molecule has 0 aromatic carbocycles. The van der Waals surface area contributed by atoms with Gasteiger partial charge in [-0.05, 0) is 19.3 Å². The standard InChI is InChI=1S/C10H14N2O2/c1-6-4-9(12-14-6)10(13)8(11)5-7-2-3-7/h4,7-8H,2-3,5,11H2,1H3. The normalized spacial score (nSPS) is 18.1. The topological polar surface area (TPSA) is 69.1 Å². The second-order valence-corrected chi connectivity index (χ2v) is 3.97. The number of carbonyl (C=O) groups is 1. The first-order chi connectivity index (χ1) is 6.66. The number of ketones is 1. The number of rotatable bonds is 4. The predicted octanol–water partition coefficient (Wildman–Crippen LogP) is 1.29.